The number of carbonyl (C=O) groups excluding carboxylic acids is 1. The van der Waals surface area contributed by atoms with Crippen molar-refractivity contribution in [1.82, 2.24) is 5.32 Å². The molecular formula is C20H27N3O3. The first-order valence-electron chi connectivity index (χ1n) is 9.02. The number of carboxylic acid groups (broad SMARTS) is 1. The Bertz CT molecular complexity index is 645. The molecule has 1 amide bonds. The normalized spacial score (nSPS) is 10.8. The van der Waals surface area contributed by atoms with Gasteiger partial charge < -0.3 is 15.7 Å². The van der Waals surface area contributed by atoms with Crippen LogP contribution in [0.1, 0.15) is 51.0 Å². The fourth-order valence-corrected chi connectivity index (χ4v) is 2.33. The number of anilines is 1. The maximum atomic E-state index is 12.0. The average Bonchev–Trinajstić information content (AvgIpc) is 2.64. The zero-order valence-corrected chi connectivity index (χ0v) is 15.3. The number of rotatable bonds is 12. The monoisotopic (exact) mass is 357 g/mol. The Hall–Kier alpha value is -2.81. The van der Waals surface area contributed by atoms with Gasteiger partial charge in [0.1, 0.15) is 11.6 Å². The Morgan fingerprint density at radius 2 is 1.88 bits per heavy atom. The summed E-state index contributed by atoms with van der Waals surface area (Å²) in [4.78, 5) is 22.4. The molecule has 0 saturated heterocycles. The number of nitriles is 1. The standard InChI is InChI=1S/C20H27N3O3/c1-2-3-7-16-9-11-18(12-10-16)23-15-17(14-21)20(26)22-13-6-4-5-8-19(24)25/h9-12,15,23H,2-8,13H2,1H3,(H,22,26)(H,24,25)/b17-15-. The molecule has 0 saturated carbocycles. The number of hydrogen-bond donors (Lipinski definition) is 3. The molecule has 0 aliphatic rings. The van der Waals surface area contributed by atoms with Gasteiger partial charge >= 0.3 is 5.97 Å². The van der Waals surface area contributed by atoms with E-state index in [0.717, 1.165) is 31.4 Å². The molecule has 26 heavy (non-hydrogen) atoms. The predicted octanol–water partition coefficient (Wildman–Crippen LogP) is 3.61. The molecule has 140 valence electrons. The minimum absolute atomic E-state index is 0.00518. The summed E-state index contributed by atoms with van der Waals surface area (Å²) in [6.07, 6.45) is 6.89. The van der Waals surface area contributed by atoms with Crippen molar-refractivity contribution in [1.29, 1.82) is 5.26 Å². The number of aryl methyl sites for hydroxylation is 1. The average molecular weight is 357 g/mol. The Kier molecular flexibility index (Phi) is 10.2. The molecule has 1 rings (SSSR count). The van der Waals surface area contributed by atoms with Crippen molar-refractivity contribution in [2.24, 2.45) is 0 Å². The van der Waals surface area contributed by atoms with Crippen molar-refractivity contribution in [2.75, 3.05) is 11.9 Å². The van der Waals surface area contributed by atoms with Crippen LogP contribution in [0.25, 0.3) is 0 Å². The molecule has 6 heteroatoms. The minimum atomic E-state index is -0.812. The first-order valence-corrected chi connectivity index (χ1v) is 9.02. The molecule has 0 radical (unpaired) electrons. The van der Waals surface area contributed by atoms with Crippen LogP contribution in [-0.4, -0.2) is 23.5 Å². The topological polar surface area (TPSA) is 102 Å². The van der Waals surface area contributed by atoms with Crippen LogP contribution in [0.4, 0.5) is 5.69 Å². The van der Waals surface area contributed by atoms with E-state index < -0.39 is 11.9 Å². The molecule has 1 aromatic carbocycles. The summed E-state index contributed by atoms with van der Waals surface area (Å²) in [7, 11) is 0. The summed E-state index contributed by atoms with van der Waals surface area (Å²) in [5, 5.41) is 23.3. The highest BCUT2D eigenvalue weighted by atomic mass is 16.4. The molecule has 0 aliphatic heterocycles. The SMILES string of the molecule is CCCCc1ccc(N/C=C(/C#N)C(=O)NCCCCCC(=O)O)cc1. The van der Waals surface area contributed by atoms with Gasteiger partial charge in [0.2, 0.25) is 0 Å². The molecule has 0 fully saturated rings. The largest absolute Gasteiger partial charge is 0.481 e. The third kappa shape index (κ3) is 8.88. The first kappa shape index (κ1) is 21.2. The first-order chi connectivity index (χ1) is 12.6. The van der Waals surface area contributed by atoms with Crippen molar-refractivity contribution in [3.05, 3.63) is 41.6 Å². The van der Waals surface area contributed by atoms with Crippen LogP contribution in [0, 0.1) is 11.3 Å². The summed E-state index contributed by atoms with van der Waals surface area (Å²) < 4.78 is 0. The summed E-state index contributed by atoms with van der Waals surface area (Å²) in [6.45, 7) is 2.58. The highest BCUT2D eigenvalue weighted by molar-refractivity contribution is 5.97. The van der Waals surface area contributed by atoms with Crippen molar-refractivity contribution in [3.63, 3.8) is 0 Å². The zero-order valence-electron chi connectivity index (χ0n) is 15.3. The molecule has 0 aromatic heterocycles. The Labute approximate surface area is 154 Å². The number of nitrogens with one attached hydrogen (secondary N) is 2. The van der Waals surface area contributed by atoms with Crippen LogP contribution < -0.4 is 10.6 Å². The lowest BCUT2D eigenvalue weighted by atomic mass is 10.1. The van der Waals surface area contributed by atoms with E-state index >= 15 is 0 Å². The highest BCUT2D eigenvalue weighted by Crippen LogP contribution is 2.12. The summed E-state index contributed by atoms with van der Waals surface area (Å²) in [6, 6.07) is 9.82. The van der Waals surface area contributed by atoms with Crippen molar-refractivity contribution in [3.8, 4) is 6.07 Å². The van der Waals surface area contributed by atoms with Gasteiger partial charge in [-0.2, -0.15) is 5.26 Å². The molecule has 6 nitrogen and oxygen atoms in total. The molecule has 0 spiro atoms. The Morgan fingerprint density at radius 3 is 2.50 bits per heavy atom. The third-order valence-corrected chi connectivity index (χ3v) is 3.87. The van der Waals surface area contributed by atoms with Gasteiger partial charge in [0, 0.05) is 24.9 Å². The van der Waals surface area contributed by atoms with Crippen molar-refractivity contribution >= 4 is 17.6 Å². The van der Waals surface area contributed by atoms with Crippen LogP contribution in [0.2, 0.25) is 0 Å². The van der Waals surface area contributed by atoms with E-state index in [9.17, 15) is 9.59 Å². The van der Waals surface area contributed by atoms with E-state index in [4.69, 9.17) is 10.4 Å². The van der Waals surface area contributed by atoms with E-state index in [1.54, 1.807) is 0 Å². The molecule has 0 bridgehead atoms. The van der Waals surface area contributed by atoms with E-state index in [1.165, 1.54) is 11.8 Å². The number of nitrogens with zero attached hydrogens (tertiary/aromatic N) is 1. The van der Waals surface area contributed by atoms with Crippen LogP contribution in [-0.2, 0) is 16.0 Å². The van der Waals surface area contributed by atoms with Gasteiger partial charge in [0.25, 0.3) is 5.91 Å². The number of hydrogen-bond acceptors (Lipinski definition) is 4. The molecule has 3 N–H and O–H groups in total. The predicted molar refractivity (Wildman–Crippen MR) is 101 cm³/mol. The van der Waals surface area contributed by atoms with Crippen LogP contribution in [0.15, 0.2) is 36.0 Å². The second-order valence-electron chi connectivity index (χ2n) is 6.07. The number of carboxylic acids is 1. The molecule has 0 atom stereocenters. The molecule has 1 aromatic rings. The Balaban J connectivity index is 2.40. The summed E-state index contributed by atoms with van der Waals surface area (Å²) in [5.74, 6) is -1.24. The van der Waals surface area contributed by atoms with Crippen LogP contribution >= 0.6 is 0 Å². The number of aliphatic carboxylic acids is 1. The van der Waals surface area contributed by atoms with Gasteiger partial charge in [0.15, 0.2) is 0 Å². The quantitative estimate of drug-likeness (QED) is 0.301. The van der Waals surface area contributed by atoms with Crippen LogP contribution in [0.3, 0.4) is 0 Å². The number of benzene rings is 1. The smallest absolute Gasteiger partial charge is 0.303 e. The van der Waals surface area contributed by atoms with Gasteiger partial charge in [-0.05, 0) is 43.4 Å². The van der Waals surface area contributed by atoms with E-state index in [0.29, 0.717) is 19.4 Å². The number of carbonyl (C=O) groups is 2. The fourth-order valence-electron chi connectivity index (χ4n) is 2.33. The second kappa shape index (κ2) is 12.5. The summed E-state index contributed by atoms with van der Waals surface area (Å²) >= 11 is 0. The second-order valence-corrected chi connectivity index (χ2v) is 6.07. The van der Waals surface area contributed by atoms with E-state index in [1.807, 2.05) is 30.3 Å². The molecule has 0 aliphatic carbocycles. The third-order valence-electron chi connectivity index (χ3n) is 3.87. The highest BCUT2D eigenvalue weighted by Gasteiger charge is 2.08. The lowest BCUT2D eigenvalue weighted by molar-refractivity contribution is -0.137. The van der Waals surface area contributed by atoms with Crippen molar-refractivity contribution in [2.45, 2.75) is 51.9 Å². The Morgan fingerprint density at radius 1 is 1.15 bits per heavy atom. The van der Waals surface area contributed by atoms with Gasteiger partial charge in [0.05, 0.1) is 0 Å². The number of unbranched alkanes of at least 4 members (excludes halogenated alkanes) is 3. The molecule has 0 heterocycles. The maximum Gasteiger partial charge on any atom is 0.303 e. The van der Waals surface area contributed by atoms with Gasteiger partial charge in [-0.25, -0.2) is 0 Å². The number of amides is 1. The molecular weight excluding hydrogens is 330 g/mol. The summed E-state index contributed by atoms with van der Waals surface area (Å²) in [5.41, 5.74) is 2.09. The van der Waals surface area contributed by atoms with Gasteiger partial charge in [-0.3, -0.25) is 9.59 Å². The van der Waals surface area contributed by atoms with E-state index in [-0.39, 0.29) is 12.0 Å². The van der Waals surface area contributed by atoms with Crippen LogP contribution in [0.5, 0.6) is 0 Å². The lowest BCUT2D eigenvalue weighted by Gasteiger charge is -2.06. The maximum absolute atomic E-state index is 12.0. The van der Waals surface area contributed by atoms with Gasteiger partial charge in [-0.1, -0.05) is 31.9 Å². The fraction of sp³-hybridized carbons (Fsp3) is 0.450. The minimum Gasteiger partial charge on any atom is -0.481 e. The zero-order chi connectivity index (χ0) is 19.2. The lowest BCUT2D eigenvalue weighted by Crippen LogP contribution is -2.26. The van der Waals surface area contributed by atoms with Crippen molar-refractivity contribution < 1.29 is 14.7 Å². The molecule has 0 unspecified atom stereocenters. The van der Waals surface area contributed by atoms with E-state index in [2.05, 4.69) is 17.6 Å². The van der Waals surface area contributed by atoms with Gasteiger partial charge in [-0.15, -0.1) is 0 Å².